The van der Waals surface area contributed by atoms with E-state index in [-0.39, 0.29) is 5.69 Å². The van der Waals surface area contributed by atoms with E-state index in [0.717, 1.165) is 5.39 Å². The molecule has 1 heterocycles. The van der Waals surface area contributed by atoms with Crippen LogP contribution in [0, 0.1) is 21.4 Å². The van der Waals surface area contributed by atoms with Gasteiger partial charge >= 0.3 is 0 Å². The molecule has 72 valence electrons. The molecule has 0 atom stereocenters. The molecule has 0 amide bonds. The lowest BCUT2D eigenvalue weighted by atomic mass is 10.1. The van der Waals surface area contributed by atoms with Crippen LogP contribution >= 0.6 is 0 Å². The topological polar surface area (TPSA) is 79.8 Å². The first kappa shape index (κ1) is 9.09. The lowest BCUT2D eigenvalue weighted by molar-refractivity contribution is -0.384. The lowest BCUT2D eigenvalue weighted by Gasteiger charge is -1.96. The molecule has 0 N–H and O–H groups in total. The molecule has 0 bridgehead atoms. The van der Waals surface area contributed by atoms with Gasteiger partial charge in [0.25, 0.3) is 5.69 Å². The molecule has 0 spiro atoms. The maximum Gasteiger partial charge on any atom is 0.271 e. The number of nitrogens with zero attached hydrogens (tertiary/aromatic N) is 3. The van der Waals surface area contributed by atoms with Crippen molar-refractivity contribution in [3.8, 4) is 6.07 Å². The third-order valence-electron chi connectivity index (χ3n) is 2.01. The Morgan fingerprint density at radius 1 is 1.40 bits per heavy atom. The molecule has 0 fully saturated rings. The van der Waals surface area contributed by atoms with Crippen LogP contribution in [0.1, 0.15) is 5.56 Å². The summed E-state index contributed by atoms with van der Waals surface area (Å²) < 4.78 is 0. The van der Waals surface area contributed by atoms with Gasteiger partial charge in [-0.15, -0.1) is 0 Å². The van der Waals surface area contributed by atoms with Crippen molar-refractivity contribution >= 4 is 16.6 Å². The number of nitro groups is 1. The maximum absolute atomic E-state index is 10.5. The second-order valence-corrected chi connectivity index (χ2v) is 2.97. The molecule has 0 saturated heterocycles. The summed E-state index contributed by atoms with van der Waals surface area (Å²) in [5.41, 5.74) is 0.958. The fraction of sp³-hybridized carbons (Fsp3) is 0. The average Bonchev–Trinajstić information content (AvgIpc) is 2.27. The highest BCUT2D eigenvalue weighted by molar-refractivity contribution is 5.81. The van der Waals surface area contributed by atoms with Crippen LogP contribution in [-0.4, -0.2) is 9.91 Å². The second-order valence-electron chi connectivity index (χ2n) is 2.97. The first-order valence-electron chi connectivity index (χ1n) is 4.15. The Morgan fingerprint density at radius 3 is 2.87 bits per heavy atom. The Morgan fingerprint density at radius 2 is 2.20 bits per heavy atom. The Kier molecular flexibility index (Phi) is 2.03. The molecule has 0 saturated carbocycles. The van der Waals surface area contributed by atoms with E-state index in [1.165, 1.54) is 18.3 Å². The van der Waals surface area contributed by atoms with Gasteiger partial charge in [-0.3, -0.25) is 15.1 Å². The third-order valence-corrected chi connectivity index (χ3v) is 2.01. The summed E-state index contributed by atoms with van der Waals surface area (Å²) in [4.78, 5) is 14.0. The maximum atomic E-state index is 10.5. The molecular formula is C10H5N3O2. The van der Waals surface area contributed by atoms with Crippen LogP contribution < -0.4 is 0 Å². The van der Waals surface area contributed by atoms with Gasteiger partial charge in [0.1, 0.15) is 6.07 Å². The predicted molar refractivity (Wildman–Crippen MR) is 53.1 cm³/mol. The normalized spacial score (nSPS) is 9.80. The van der Waals surface area contributed by atoms with Crippen molar-refractivity contribution < 1.29 is 4.92 Å². The van der Waals surface area contributed by atoms with Crippen molar-refractivity contribution in [3.05, 3.63) is 46.1 Å². The zero-order valence-electron chi connectivity index (χ0n) is 7.54. The molecule has 0 radical (unpaired) electrons. The van der Waals surface area contributed by atoms with Crippen LogP contribution in [0.2, 0.25) is 0 Å². The van der Waals surface area contributed by atoms with Crippen LogP contribution in [0.5, 0.6) is 0 Å². The van der Waals surface area contributed by atoms with Gasteiger partial charge in [0, 0.05) is 23.7 Å². The molecule has 1 aromatic carbocycles. The summed E-state index contributed by atoms with van der Waals surface area (Å²) in [6.45, 7) is 0. The van der Waals surface area contributed by atoms with Crippen LogP contribution in [-0.2, 0) is 0 Å². The SMILES string of the molecule is N#Cc1cnc2cc([N+](=O)[O-])ccc2c1. The summed E-state index contributed by atoms with van der Waals surface area (Å²) in [7, 11) is 0. The molecule has 15 heavy (non-hydrogen) atoms. The predicted octanol–water partition coefficient (Wildman–Crippen LogP) is 2.01. The van der Waals surface area contributed by atoms with Gasteiger partial charge in [0.2, 0.25) is 0 Å². The summed E-state index contributed by atoms with van der Waals surface area (Å²) in [5.74, 6) is 0. The van der Waals surface area contributed by atoms with Gasteiger partial charge in [-0.2, -0.15) is 5.26 Å². The Bertz CT molecular complexity index is 587. The number of aromatic nitrogens is 1. The van der Waals surface area contributed by atoms with E-state index >= 15 is 0 Å². The van der Waals surface area contributed by atoms with E-state index in [4.69, 9.17) is 5.26 Å². The highest BCUT2D eigenvalue weighted by Crippen LogP contribution is 2.19. The number of hydrogen-bond acceptors (Lipinski definition) is 4. The van der Waals surface area contributed by atoms with Crippen LogP contribution in [0.15, 0.2) is 30.5 Å². The molecule has 0 unspecified atom stereocenters. The molecular weight excluding hydrogens is 194 g/mol. The minimum atomic E-state index is -0.473. The number of benzene rings is 1. The highest BCUT2D eigenvalue weighted by atomic mass is 16.6. The van der Waals surface area contributed by atoms with Gasteiger partial charge in [-0.25, -0.2) is 0 Å². The van der Waals surface area contributed by atoms with Gasteiger partial charge in [-0.05, 0) is 12.1 Å². The Labute approximate surface area is 84.7 Å². The van der Waals surface area contributed by atoms with E-state index in [2.05, 4.69) is 4.98 Å². The zero-order valence-corrected chi connectivity index (χ0v) is 7.54. The van der Waals surface area contributed by atoms with Gasteiger partial charge < -0.3 is 0 Å². The largest absolute Gasteiger partial charge is 0.271 e. The standard InChI is InChI=1S/C10H5N3O2/c11-5-7-3-8-1-2-9(13(14)15)4-10(8)12-6-7/h1-4,6H. The van der Waals surface area contributed by atoms with Crippen molar-refractivity contribution in [2.24, 2.45) is 0 Å². The molecule has 5 nitrogen and oxygen atoms in total. The Balaban J connectivity index is 2.66. The quantitative estimate of drug-likeness (QED) is 0.519. The average molecular weight is 199 g/mol. The lowest BCUT2D eigenvalue weighted by Crippen LogP contribution is -1.88. The molecule has 2 rings (SSSR count). The summed E-state index contributed by atoms with van der Waals surface area (Å²) in [5, 5.41) is 19.9. The molecule has 2 aromatic rings. The van der Waals surface area contributed by atoms with Crippen LogP contribution in [0.25, 0.3) is 10.9 Å². The number of fused-ring (bicyclic) bond motifs is 1. The Hall–Kier alpha value is -2.48. The number of non-ortho nitro benzene ring substituents is 1. The molecule has 0 aliphatic rings. The minimum absolute atomic E-state index is 0.000271. The minimum Gasteiger partial charge on any atom is -0.258 e. The van der Waals surface area contributed by atoms with E-state index in [0.29, 0.717) is 11.1 Å². The van der Waals surface area contributed by atoms with E-state index in [9.17, 15) is 10.1 Å². The summed E-state index contributed by atoms with van der Waals surface area (Å²) in [6, 6.07) is 7.97. The fourth-order valence-corrected chi connectivity index (χ4v) is 1.28. The van der Waals surface area contributed by atoms with Crippen molar-refractivity contribution in [2.75, 3.05) is 0 Å². The highest BCUT2D eigenvalue weighted by Gasteiger charge is 2.06. The van der Waals surface area contributed by atoms with Crippen molar-refractivity contribution in [2.45, 2.75) is 0 Å². The molecule has 0 aliphatic heterocycles. The first-order chi connectivity index (χ1) is 7.20. The van der Waals surface area contributed by atoms with Crippen molar-refractivity contribution in [3.63, 3.8) is 0 Å². The fourth-order valence-electron chi connectivity index (χ4n) is 1.28. The number of rotatable bonds is 1. The second kappa shape index (κ2) is 3.35. The number of nitriles is 1. The van der Waals surface area contributed by atoms with Crippen LogP contribution in [0.4, 0.5) is 5.69 Å². The number of pyridine rings is 1. The third kappa shape index (κ3) is 1.60. The van der Waals surface area contributed by atoms with Gasteiger partial charge in [0.05, 0.1) is 16.0 Å². The van der Waals surface area contributed by atoms with Crippen LogP contribution in [0.3, 0.4) is 0 Å². The number of nitro benzene ring substituents is 1. The smallest absolute Gasteiger partial charge is 0.258 e. The number of hydrogen-bond donors (Lipinski definition) is 0. The van der Waals surface area contributed by atoms with Crippen molar-refractivity contribution in [1.82, 2.24) is 4.98 Å². The van der Waals surface area contributed by atoms with E-state index in [1.54, 1.807) is 12.1 Å². The first-order valence-corrected chi connectivity index (χ1v) is 4.15. The molecule has 0 aliphatic carbocycles. The zero-order chi connectivity index (χ0) is 10.8. The van der Waals surface area contributed by atoms with Gasteiger partial charge in [-0.1, -0.05) is 0 Å². The molecule has 1 aromatic heterocycles. The van der Waals surface area contributed by atoms with Gasteiger partial charge in [0.15, 0.2) is 0 Å². The van der Waals surface area contributed by atoms with E-state index < -0.39 is 4.92 Å². The molecule has 5 heteroatoms. The van der Waals surface area contributed by atoms with Crippen molar-refractivity contribution in [1.29, 1.82) is 5.26 Å². The monoisotopic (exact) mass is 199 g/mol. The summed E-state index contributed by atoms with van der Waals surface area (Å²) in [6.07, 6.45) is 1.39. The summed E-state index contributed by atoms with van der Waals surface area (Å²) >= 11 is 0. The van der Waals surface area contributed by atoms with E-state index in [1.807, 2.05) is 6.07 Å².